The van der Waals surface area contributed by atoms with E-state index < -0.39 is 0 Å². The molecule has 1 aliphatic rings. The Balaban J connectivity index is 1.78. The molecule has 1 aromatic heterocycles. The second-order valence-electron chi connectivity index (χ2n) is 5.78. The lowest BCUT2D eigenvalue weighted by Gasteiger charge is -2.37. The van der Waals surface area contributed by atoms with Gasteiger partial charge in [0.05, 0.1) is 28.4 Å². The molecular weight excluding hydrogens is 359 g/mol. The third-order valence-corrected chi connectivity index (χ3v) is 4.93. The van der Waals surface area contributed by atoms with Crippen molar-refractivity contribution in [1.29, 1.82) is 0 Å². The number of rotatable bonds is 3. The van der Waals surface area contributed by atoms with E-state index in [9.17, 15) is 4.79 Å². The highest BCUT2D eigenvalue weighted by Gasteiger charge is 2.33. The maximum absolute atomic E-state index is 13.1. The average Bonchev–Trinajstić information content (AvgIpc) is 3.13. The summed E-state index contributed by atoms with van der Waals surface area (Å²) in [6.07, 6.45) is 1.22. The van der Waals surface area contributed by atoms with Crippen LogP contribution >= 0.6 is 23.2 Å². The van der Waals surface area contributed by atoms with Crippen LogP contribution in [0.2, 0.25) is 10.0 Å². The standard InChI is InChI=1S/C19H14Cl2N2O2/c20-15-8-7-12(10-16(15)21)18-22-17-6-2-1-5-14(17)19(24)23(18)11-13-4-3-9-25-13/h1-10,18,22H,11H2. The minimum Gasteiger partial charge on any atom is -0.467 e. The predicted octanol–water partition coefficient (Wildman–Crippen LogP) is 5.35. The predicted molar refractivity (Wildman–Crippen MR) is 97.8 cm³/mol. The molecule has 4 rings (SSSR count). The largest absolute Gasteiger partial charge is 0.467 e. The van der Waals surface area contributed by atoms with Crippen LogP contribution < -0.4 is 5.32 Å². The van der Waals surface area contributed by atoms with Gasteiger partial charge in [-0.05, 0) is 42.0 Å². The first-order chi connectivity index (χ1) is 12.1. The zero-order chi connectivity index (χ0) is 17.4. The van der Waals surface area contributed by atoms with Gasteiger partial charge in [-0.3, -0.25) is 4.79 Å². The van der Waals surface area contributed by atoms with Crippen molar-refractivity contribution < 1.29 is 9.21 Å². The minimum absolute atomic E-state index is 0.0678. The third kappa shape index (κ3) is 2.99. The smallest absolute Gasteiger partial charge is 0.258 e. The first kappa shape index (κ1) is 16.1. The number of benzene rings is 2. The molecule has 0 spiro atoms. The second-order valence-corrected chi connectivity index (χ2v) is 6.59. The molecule has 0 aliphatic carbocycles. The molecule has 3 aromatic rings. The van der Waals surface area contributed by atoms with E-state index in [1.165, 1.54) is 0 Å². The van der Waals surface area contributed by atoms with E-state index in [0.29, 0.717) is 27.9 Å². The molecule has 2 aromatic carbocycles. The number of fused-ring (bicyclic) bond motifs is 1. The number of amides is 1. The zero-order valence-corrected chi connectivity index (χ0v) is 14.6. The van der Waals surface area contributed by atoms with E-state index in [4.69, 9.17) is 27.6 Å². The molecule has 25 heavy (non-hydrogen) atoms. The molecular formula is C19H14Cl2N2O2. The number of halogens is 2. The molecule has 1 N–H and O–H groups in total. The van der Waals surface area contributed by atoms with Crippen LogP contribution in [0.15, 0.2) is 65.3 Å². The van der Waals surface area contributed by atoms with Crippen molar-refractivity contribution in [1.82, 2.24) is 4.90 Å². The van der Waals surface area contributed by atoms with Gasteiger partial charge in [-0.15, -0.1) is 0 Å². The number of furan rings is 1. The van der Waals surface area contributed by atoms with Crippen molar-refractivity contribution in [3.05, 3.63) is 87.8 Å². The summed E-state index contributed by atoms with van der Waals surface area (Å²) in [4.78, 5) is 14.8. The fourth-order valence-electron chi connectivity index (χ4n) is 2.97. The lowest BCUT2D eigenvalue weighted by Crippen LogP contribution is -2.42. The number of carbonyl (C=O) groups is 1. The highest BCUT2D eigenvalue weighted by atomic mass is 35.5. The number of para-hydroxylation sites is 1. The lowest BCUT2D eigenvalue weighted by atomic mass is 10.0. The summed E-state index contributed by atoms with van der Waals surface area (Å²) < 4.78 is 5.43. The van der Waals surface area contributed by atoms with E-state index in [1.54, 1.807) is 29.4 Å². The molecule has 0 fully saturated rings. The van der Waals surface area contributed by atoms with Gasteiger partial charge in [-0.2, -0.15) is 0 Å². The SMILES string of the molecule is O=C1c2ccccc2NC(c2ccc(Cl)c(Cl)c2)N1Cc1ccco1. The topological polar surface area (TPSA) is 45.5 Å². The minimum atomic E-state index is -0.373. The highest BCUT2D eigenvalue weighted by Crippen LogP contribution is 2.36. The fraction of sp³-hybridized carbons (Fsp3) is 0.105. The van der Waals surface area contributed by atoms with Crippen molar-refractivity contribution in [2.75, 3.05) is 5.32 Å². The number of nitrogens with zero attached hydrogens (tertiary/aromatic N) is 1. The summed E-state index contributed by atoms with van der Waals surface area (Å²) in [5, 5.41) is 4.34. The normalized spacial score (nSPS) is 16.5. The van der Waals surface area contributed by atoms with Crippen LogP contribution in [0.1, 0.15) is 27.8 Å². The van der Waals surface area contributed by atoms with Gasteiger partial charge < -0.3 is 14.6 Å². The van der Waals surface area contributed by atoms with Crippen LogP contribution in [0.4, 0.5) is 5.69 Å². The van der Waals surface area contributed by atoms with Crippen LogP contribution in [0, 0.1) is 0 Å². The van der Waals surface area contributed by atoms with Gasteiger partial charge in [0.25, 0.3) is 5.91 Å². The van der Waals surface area contributed by atoms with Crippen molar-refractivity contribution >= 4 is 34.8 Å². The Labute approximate surface area is 155 Å². The third-order valence-electron chi connectivity index (χ3n) is 4.19. The molecule has 0 bridgehead atoms. The molecule has 1 unspecified atom stereocenters. The molecule has 2 heterocycles. The van der Waals surface area contributed by atoms with Crippen LogP contribution in [0.25, 0.3) is 0 Å². The van der Waals surface area contributed by atoms with Crippen molar-refractivity contribution in [2.24, 2.45) is 0 Å². The van der Waals surface area contributed by atoms with Gasteiger partial charge in [0.15, 0.2) is 0 Å². The van der Waals surface area contributed by atoms with E-state index >= 15 is 0 Å². The van der Waals surface area contributed by atoms with Crippen LogP contribution in [-0.4, -0.2) is 10.8 Å². The molecule has 1 aliphatic heterocycles. The summed E-state index contributed by atoms with van der Waals surface area (Å²) in [6, 6.07) is 16.5. The van der Waals surface area contributed by atoms with Gasteiger partial charge in [-0.1, -0.05) is 41.4 Å². The van der Waals surface area contributed by atoms with Crippen LogP contribution in [0.5, 0.6) is 0 Å². The first-order valence-corrected chi connectivity index (χ1v) is 8.53. The van der Waals surface area contributed by atoms with Crippen molar-refractivity contribution in [3.63, 3.8) is 0 Å². The van der Waals surface area contributed by atoms with Gasteiger partial charge in [-0.25, -0.2) is 0 Å². The van der Waals surface area contributed by atoms with Gasteiger partial charge in [0.1, 0.15) is 11.9 Å². The lowest BCUT2D eigenvalue weighted by molar-refractivity contribution is 0.0651. The summed E-state index contributed by atoms with van der Waals surface area (Å²) >= 11 is 12.2. The molecule has 1 amide bonds. The van der Waals surface area contributed by atoms with E-state index in [0.717, 1.165) is 11.3 Å². The first-order valence-electron chi connectivity index (χ1n) is 7.77. The number of anilines is 1. The zero-order valence-electron chi connectivity index (χ0n) is 13.1. The average molecular weight is 373 g/mol. The van der Waals surface area contributed by atoms with Crippen molar-refractivity contribution in [2.45, 2.75) is 12.7 Å². The monoisotopic (exact) mass is 372 g/mol. The summed E-state index contributed by atoms with van der Waals surface area (Å²) in [5.41, 5.74) is 2.27. The van der Waals surface area contributed by atoms with E-state index in [1.807, 2.05) is 36.4 Å². The molecule has 0 saturated heterocycles. The number of carbonyl (C=O) groups excluding carboxylic acids is 1. The molecule has 1 atom stereocenters. The Kier molecular flexibility index (Phi) is 4.15. The molecule has 0 radical (unpaired) electrons. The Hall–Kier alpha value is -2.43. The summed E-state index contributed by atoms with van der Waals surface area (Å²) in [5.74, 6) is 0.640. The van der Waals surface area contributed by atoms with Gasteiger partial charge >= 0.3 is 0 Å². The maximum atomic E-state index is 13.1. The highest BCUT2D eigenvalue weighted by molar-refractivity contribution is 6.42. The van der Waals surface area contributed by atoms with E-state index in [-0.39, 0.29) is 12.1 Å². The molecule has 6 heteroatoms. The Morgan fingerprint density at radius 2 is 1.88 bits per heavy atom. The fourth-order valence-corrected chi connectivity index (χ4v) is 3.28. The van der Waals surface area contributed by atoms with Gasteiger partial charge in [0, 0.05) is 5.69 Å². The maximum Gasteiger partial charge on any atom is 0.258 e. The second kappa shape index (κ2) is 6.47. The summed E-state index contributed by atoms with van der Waals surface area (Å²) in [7, 11) is 0. The van der Waals surface area contributed by atoms with Crippen molar-refractivity contribution in [3.8, 4) is 0 Å². The molecule has 4 nitrogen and oxygen atoms in total. The molecule has 126 valence electrons. The number of hydrogen-bond donors (Lipinski definition) is 1. The van der Waals surface area contributed by atoms with Crippen LogP contribution in [0.3, 0.4) is 0 Å². The Bertz CT molecular complexity index is 925. The van der Waals surface area contributed by atoms with E-state index in [2.05, 4.69) is 5.32 Å². The Morgan fingerprint density at radius 1 is 1.04 bits per heavy atom. The van der Waals surface area contributed by atoms with Crippen LogP contribution in [-0.2, 0) is 6.54 Å². The Morgan fingerprint density at radius 3 is 2.64 bits per heavy atom. The van der Waals surface area contributed by atoms with Gasteiger partial charge in [0.2, 0.25) is 0 Å². The summed E-state index contributed by atoms with van der Waals surface area (Å²) in [6.45, 7) is 0.345. The number of nitrogens with one attached hydrogen (secondary N) is 1. The molecule has 0 saturated carbocycles. The quantitative estimate of drug-likeness (QED) is 0.673. The number of hydrogen-bond acceptors (Lipinski definition) is 3.